The summed E-state index contributed by atoms with van der Waals surface area (Å²) in [5, 5.41) is 1.40. The molecule has 2 aliphatic heterocycles. The third kappa shape index (κ3) is 2.13. The smallest absolute Gasteiger partial charge is 0.277 e. The van der Waals surface area contributed by atoms with Crippen LogP contribution in [-0.2, 0) is 4.84 Å². The zero-order valence-electron chi connectivity index (χ0n) is 10.1. The number of amides is 1. The van der Waals surface area contributed by atoms with Crippen molar-refractivity contribution < 1.29 is 19.1 Å². The summed E-state index contributed by atoms with van der Waals surface area (Å²) in [6.45, 7) is 2.52. The monoisotopic (exact) mass is 249 g/mol. The van der Waals surface area contributed by atoms with Crippen molar-refractivity contribution in [1.29, 1.82) is 0 Å². The van der Waals surface area contributed by atoms with Crippen molar-refractivity contribution in [3.05, 3.63) is 23.8 Å². The Labute approximate surface area is 105 Å². The van der Waals surface area contributed by atoms with E-state index in [1.54, 1.807) is 18.2 Å². The Morgan fingerprint density at radius 1 is 1.06 bits per heavy atom. The molecule has 0 atom stereocenters. The molecule has 5 heteroatoms. The van der Waals surface area contributed by atoms with Crippen molar-refractivity contribution in [2.75, 3.05) is 26.4 Å². The molecule has 2 heterocycles. The summed E-state index contributed by atoms with van der Waals surface area (Å²) in [6.07, 6.45) is 1.74. The summed E-state index contributed by atoms with van der Waals surface area (Å²) in [4.78, 5) is 17.4. The second kappa shape index (κ2) is 4.86. The van der Waals surface area contributed by atoms with Gasteiger partial charge < -0.3 is 9.47 Å². The van der Waals surface area contributed by atoms with E-state index in [0.29, 0.717) is 43.4 Å². The average molecular weight is 249 g/mol. The second-order valence-corrected chi connectivity index (χ2v) is 4.31. The lowest BCUT2D eigenvalue weighted by molar-refractivity contribution is -0.0768. The fraction of sp³-hybridized carbons (Fsp3) is 0.462. The second-order valence-electron chi connectivity index (χ2n) is 4.31. The van der Waals surface area contributed by atoms with Gasteiger partial charge in [0, 0.05) is 12.0 Å². The summed E-state index contributed by atoms with van der Waals surface area (Å²) in [7, 11) is 0. The van der Waals surface area contributed by atoms with Crippen molar-refractivity contribution in [3.8, 4) is 11.5 Å². The fourth-order valence-electron chi connectivity index (χ4n) is 2.05. The van der Waals surface area contributed by atoms with Crippen molar-refractivity contribution in [3.63, 3.8) is 0 Å². The van der Waals surface area contributed by atoms with E-state index in [1.165, 1.54) is 5.06 Å². The Kier molecular flexibility index (Phi) is 3.06. The van der Waals surface area contributed by atoms with E-state index >= 15 is 0 Å². The third-order valence-electron chi connectivity index (χ3n) is 2.97. The van der Waals surface area contributed by atoms with Gasteiger partial charge in [-0.1, -0.05) is 0 Å². The predicted octanol–water partition coefficient (Wildman–Crippen LogP) is 1.63. The highest BCUT2D eigenvalue weighted by atomic mass is 16.7. The number of hydrogen-bond donors (Lipinski definition) is 0. The minimum Gasteiger partial charge on any atom is -0.490 e. The zero-order valence-corrected chi connectivity index (χ0v) is 10.1. The standard InChI is InChI=1S/C13H15NO4/c15-13(14-5-1-8-18-14)10-3-4-11-12(9-10)17-7-2-6-16-11/h3-4,9H,1-2,5-8H2. The maximum absolute atomic E-state index is 12.1. The van der Waals surface area contributed by atoms with Gasteiger partial charge in [-0.15, -0.1) is 0 Å². The number of carbonyl (C=O) groups excluding carboxylic acids is 1. The van der Waals surface area contributed by atoms with Crippen LogP contribution in [-0.4, -0.2) is 37.3 Å². The molecular formula is C13H15NO4. The van der Waals surface area contributed by atoms with Crippen LogP contribution in [0.25, 0.3) is 0 Å². The normalized spacial score (nSPS) is 18.6. The van der Waals surface area contributed by atoms with Gasteiger partial charge in [-0.3, -0.25) is 9.63 Å². The summed E-state index contributed by atoms with van der Waals surface area (Å²) in [6, 6.07) is 5.26. The molecule has 0 saturated carbocycles. The van der Waals surface area contributed by atoms with Gasteiger partial charge in [-0.2, -0.15) is 0 Å². The molecule has 2 aliphatic rings. The highest BCUT2D eigenvalue weighted by molar-refractivity contribution is 5.94. The van der Waals surface area contributed by atoms with Gasteiger partial charge in [0.2, 0.25) is 0 Å². The highest BCUT2D eigenvalue weighted by Crippen LogP contribution is 2.31. The molecule has 0 aromatic heterocycles. The van der Waals surface area contributed by atoms with E-state index in [2.05, 4.69) is 0 Å². The van der Waals surface area contributed by atoms with E-state index in [0.717, 1.165) is 12.8 Å². The third-order valence-corrected chi connectivity index (χ3v) is 2.97. The molecule has 0 radical (unpaired) electrons. The number of hydrogen-bond acceptors (Lipinski definition) is 4. The van der Waals surface area contributed by atoms with Gasteiger partial charge >= 0.3 is 0 Å². The molecule has 96 valence electrons. The molecule has 1 aromatic rings. The van der Waals surface area contributed by atoms with Gasteiger partial charge in [0.25, 0.3) is 5.91 Å². The van der Waals surface area contributed by atoms with Crippen LogP contribution in [0.3, 0.4) is 0 Å². The van der Waals surface area contributed by atoms with Crippen molar-refractivity contribution in [1.82, 2.24) is 5.06 Å². The number of hydroxylamine groups is 2. The summed E-state index contributed by atoms with van der Waals surface area (Å²) >= 11 is 0. The topological polar surface area (TPSA) is 48.0 Å². The van der Waals surface area contributed by atoms with Crippen molar-refractivity contribution in [2.45, 2.75) is 12.8 Å². The maximum Gasteiger partial charge on any atom is 0.277 e. The van der Waals surface area contributed by atoms with Gasteiger partial charge in [0.15, 0.2) is 11.5 Å². The number of fused-ring (bicyclic) bond motifs is 1. The number of benzene rings is 1. The Hall–Kier alpha value is -1.75. The molecule has 1 saturated heterocycles. The first-order valence-corrected chi connectivity index (χ1v) is 6.19. The molecular weight excluding hydrogens is 234 g/mol. The largest absolute Gasteiger partial charge is 0.490 e. The number of ether oxygens (including phenoxy) is 2. The summed E-state index contributed by atoms with van der Waals surface area (Å²) in [5.41, 5.74) is 0.571. The van der Waals surface area contributed by atoms with Gasteiger partial charge in [-0.05, 0) is 24.6 Å². The molecule has 1 amide bonds. The van der Waals surface area contributed by atoms with Gasteiger partial charge in [0.1, 0.15) is 0 Å². The number of carbonyl (C=O) groups is 1. The zero-order chi connectivity index (χ0) is 12.4. The Morgan fingerprint density at radius 2 is 1.89 bits per heavy atom. The average Bonchev–Trinajstić information content (AvgIpc) is 2.83. The van der Waals surface area contributed by atoms with Crippen LogP contribution in [0.15, 0.2) is 18.2 Å². The molecule has 0 spiro atoms. The minimum absolute atomic E-state index is 0.122. The molecule has 0 unspecified atom stereocenters. The molecule has 5 nitrogen and oxygen atoms in total. The lowest BCUT2D eigenvalue weighted by Gasteiger charge is -2.15. The van der Waals surface area contributed by atoms with Crippen LogP contribution in [0, 0.1) is 0 Å². The van der Waals surface area contributed by atoms with E-state index in [1.807, 2.05) is 0 Å². The summed E-state index contributed by atoms with van der Waals surface area (Å²) < 4.78 is 11.1. The first-order valence-electron chi connectivity index (χ1n) is 6.19. The Balaban J connectivity index is 1.84. The SMILES string of the molecule is O=C(c1ccc2c(c1)OCCCO2)N1CCCO1. The highest BCUT2D eigenvalue weighted by Gasteiger charge is 2.22. The van der Waals surface area contributed by atoms with Gasteiger partial charge in [-0.25, -0.2) is 5.06 Å². The molecule has 0 aliphatic carbocycles. The Bertz CT molecular complexity index is 454. The van der Waals surface area contributed by atoms with Crippen LogP contribution < -0.4 is 9.47 Å². The van der Waals surface area contributed by atoms with Crippen LogP contribution in [0.4, 0.5) is 0 Å². The molecule has 18 heavy (non-hydrogen) atoms. The van der Waals surface area contributed by atoms with E-state index in [-0.39, 0.29) is 5.91 Å². The van der Waals surface area contributed by atoms with Crippen LogP contribution in [0.2, 0.25) is 0 Å². The van der Waals surface area contributed by atoms with Crippen molar-refractivity contribution in [2.24, 2.45) is 0 Å². The quantitative estimate of drug-likeness (QED) is 0.759. The fourth-order valence-corrected chi connectivity index (χ4v) is 2.05. The van der Waals surface area contributed by atoms with Crippen LogP contribution in [0.1, 0.15) is 23.2 Å². The van der Waals surface area contributed by atoms with Gasteiger partial charge in [0.05, 0.1) is 26.4 Å². The number of rotatable bonds is 1. The molecule has 0 bridgehead atoms. The van der Waals surface area contributed by atoms with Crippen LogP contribution in [0.5, 0.6) is 11.5 Å². The first-order chi connectivity index (χ1) is 8.84. The number of nitrogens with zero attached hydrogens (tertiary/aromatic N) is 1. The lowest BCUT2D eigenvalue weighted by atomic mass is 10.2. The lowest BCUT2D eigenvalue weighted by Crippen LogP contribution is -2.26. The predicted molar refractivity (Wildman–Crippen MR) is 63.7 cm³/mol. The molecule has 0 N–H and O–H groups in total. The van der Waals surface area contributed by atoms with E-state index < -0.39 is 0 Å². The van der Waals surface area contributed by atoms with Crippen molar-refractivity contribution >= 4 is 5.91 Å². The Morgan fingerprint density at radius 3 is 2.67 bits per heavy atom. The molecule has 3 rings (SSSR count). The first kappa shape index (κ1) is 11.3. The minimum atomic E-state index is -0.122. The van der Waals surface area contributed by atoms with E-state index in [9.17, 15) is 4.79 Å². The van der Waals surface area contributed by atoms with E-state index in [4.69, 9.17) is 14.3 Å². The molecule has 1 aromatic carbocycles. The molecule has 1 fully saturated rings. The van der Waals surface area contributed by atoms with Crippen LogP contribution >= 0.6 is 0 Å². The summed E-state index contributed by atoms with van der Waals surface area (Å²) in [5.74, 6) is 1.21. The maximum atomic E-state index is 12.1.